The summed E-state index contributed by atoms with van der Waals surface area (Å²) in [6.45, 7) is 4.26. The molecule has 0 aliphatic heterocycles. The van der Waals surface area contributed by atoms with E-state index >= 15 is 0 Å². The third kappa shape index (κ3) is 4.84. The van der Waals surface area contributed by atoms with Gasteiger partial charge in [0.05, 0.1) is 13.0 Å². The van der Waals surface area contributed by atoms with E-state index in [9.17, 15) is 4.79 Å². The van der Waals surface area contributed by atoms with Crippen LogP contribution in [0, 0.1) is 5.92 Å². The summed E-state index contributed by atoms with van der Waals surface area (Å²) in [5.41, 5.74) is 3.11. The SMILES string of the molecule is COc1ccc(-c2ccn(COC(=O)C(c3ccc(Br)cc3)C(C)C)c2)cc1. The van der Waals surface area contributed by atoms with Crippen LogP contribution in [0.1, 0.15) is 25.3 Å². The molecule has 0 fully saturated rings. The smallest absolute Gasteiger partial charge is 0.315 e. The van der Waals surface area contributed by atoms with Crippen molar-refractivity contribution in [1.29, 1.82) is 0 Å². The van der Waals surface area contributed by atoms with E-state index < -0.39 is 0 Å². The van der Waals surface area contributed by atoms with Crippen LogP contribution in [0.4, 0.5) is 0 Å². The summed E-state index contributed by atoms with van der Waals surface area (Å²) >= 11 is 3.43. The van der Waals surface area contributed by atoms with Gasteiger partial charge in [-0.3, -0.25) is 4.79 Å². The summed E-state index contributed by atoms with van der Waals surface area (Å²) in [6, 6.07) is 17.7. The van der Waals surface area contributed by atoms with Gasteiger partial charge in [0.2, 0.25) is 0 Å². The summed E-state index contributed by atoms with van der Waals surface area (Å²) in [6.07, 6.45) is 3.88. The number of esters is 1. The molecule has 0 bridgehead atoms. The van der Waals surface area contributed by atoms with Gasteiger partial charge in [-0.1, -0.05) is 54.0 Å². The standard InChI is InChI=1S/C23H24BrNO3/c1-16(2)22(18-4-8-20(24)9-5-18)23(26)28-15-25-13-12-19(14-25)17-6-10-21(27-3)11-7-17/h4-14,16,22H,15H2,1-3H3. The third-order valence-corrected chi connectivity index (χ3v) is 5.21. The molecule has 1 heterocycles. The Kier molecular flexibility index (Phi) is 6.57. The van der Waals surface area contributed by atoms with Gasteiger partial charge in [0, 0.05) is 16.9 Å². The van der Waals surface area contributed by atoms with Crippen LogP contribution in [0.5, 0.6) is 5.75 Å². The lowest BCUT2D eigenvalue weighted by Crippen LogP contribution is -2.21. The first-order valence-electron chi connectivity index (χ1n) is 9.20. The quantitative estimate of drug-likeness (QED) is 0.430. The van der Waals surface area contributed by atoms with Gasteiger partial charge in [-0.25, -0.2) is 0 Å². The van der Waals surface area contributed by atoms with Gasteiger partial charge >= 0.3 is 5.97 Å². The van der Waals surface area contributed by atoms with E-state index in [1.807, 2.05) is 85.4 Å². The molecule has 3 aromatic rings. The number of nitrogens with zero attached hydrogens (tertiary/aromatic N) is 1. The number of hydrogen-bond acceptors (Lipinski definition) is 3. The number of carbonyl (C=O) groups is 1. The molecule has 0 aliphatic carbocycles. The number of hydrogen-bond donors (Lipinski definition) is 0. The zero-order chi connectivity index (χ0) is 20.1. The van der Waals surface area contributed by atoms with Crippen LogP contribution in [0.2, 0.25) is 0 Å². The van der Waals surface area contributed by atoms with Crippen molar-refractivity contribution in [2.75, 3.05) is 7.11 Å². The Balaban J connectivity index is 1.66. The number of ether oxygens (including phenoxy) is 2. The van der Waals surface area contributed by atoms with E-state index in [-0.39, 0.29) is 24.5 Å². The van der Waals surface area contributed by atoms with Gasteiger partial charge in [-0.2, -0.15) is 0 Å². The highest BCUT2D eigenvalue weighted by Gasteiger charge is 2.25. The van der Waals surface area contributed by atoms with Gasteiger partial charge in [0.15, 0.2) is 6.73 Å². The predicted molar refractivity (Wildman–Crippen MR) is 114 cm³/mol. The Morgan fingerprint density at radius 3 is 2.29 bits per heavy atom. The fourth-order valence-electron chi connectivity index (χ4n) is 3.17. The first kappa shape index (κ1) is 20.2. The molecule has 3 rings (SSSR count). The van der Waals surface area contributed by atoms with Crippen LogP contribution < -0.4 is 4.74 Å². The van der Waals surface area contributed by atoms with Crippen LogP contribution in [0.25, 0.3) is 11.1 Å². The highest BCUT2D eigenvalue weighted by molar-refractivity contribution is 9.10. The minimum Gasteiger partial charge on any atom is -0.497 e. The number of benzene rings is 2. The minimum absolute atomic E-state index is 0.146. The van der Waals surface area contributed by atoms with Crippen molar-refractivity contribution in [1.82, 2.24) is 4.57 Å². The van der Waals surface area contributed by atoms with Gasteiger partial charge in [0.1, 0.15) is 5.75 Å². The van der Waals surface area contributed by atoms with Crippen molar-refractivity contribution in [3.05, 3.63) is 77.0 Å². The highest BCUT2D eigenvalue weighted by Crippen LogP contribution is 2.28. The number of aromatic nitrogens is 1. The summed E-state index contributed by atoms with van der Waals surface area (Å²) < 4.78 is 13.7. The van der Waals surface area contributed by atoms with Crippen molar-refractivity contribution in [2.24, 2.45) is 5.92 Å². The summed E-state index contributed by atoms with van der Waals surface area (Å²) in [7, 11) is 1.65. The average molecular weight is 442 g/mol. The first-order chi connectivity index (χ1) is 13.5. The summed E-state index contributed by atoms with van der Waals surface area (Å²) in [5.74, 6) is 0.472. The fraction of sp³-hybridized carbons (Fsp3) is 0.261. The maximum atomic E-state index is 12.7. The fourth-order valence-corrected chi connectivity index (χ4v) is 3.43. The Morgan fingerprint density at radius 1 is 1.00 bits per heavy atom. The molecule has 2 aromatic carbocycles. The second-order valence-electron chi connectivity index (χ2n) is 7.01. The number of methoxy groups -OCH3 is 1. The number of rotatable bonds is 7. The molecule has 0 saturated carbocycles. The van der Waals surface area contributed by atoms with Crippen molar-refractivity contribution < 1.29 is 14.3 Å². The third-order valence-electron chi connectivity index (χ3n) is 4.68. The van der Waals surface area contributed by atoms with E-state index in [0.29, 0.717) is 0 Å². The van der Waals surface area contributed by atoms with Gasteiger partial charge in [0.25, 0.3) is 0 Å². The Bertz CT molecular complexity index is 914. The molecule has 5 heteroatoms. The molecule has 0 spiro atoms. The molecule has 1 atom stereocenters. The minimum atomic E-state index is -0.287. The monoisotopic (exact) mass is 441 g/mol. The molecule has 4 nitrogen and oxygen atoms in total. The lowest BCUT2D eigenvalue weighted by Gasteiger charge is -2.20. The van der Waals surface area contributed by atoms with Crippen LogP contribution in [-0.2, 0) is 16.3 Å². The van der Waals surface area contributed by atoms with Crippen LogP contribution in [0.3, 0.4) is 0 Å². The molecule has 1 aromatic heterocycles. The second kappa shape index (κ2) is 9.11. The average Bonchev–Trinajstić information content (AvgIpc) is 3.17. The van der Waals surface area contributed by atoms with E-state index in [2.05, 4.69) is 15.9 Å². The largest absolute Gasteiger partial charge is 0.497 e. The topological polar surface area (TPSA) is 40.5 Å². The molecule has 1 unspecified atom stereocenters. The molecule has 0 N–H and O–H groups in total. The molecular formula is C23H24BrNO3. The van der Waals surface area contributed by atoms with Crippen LogP contribution in [-0.4, -0.2) is 17.6 Å². The lowest BCUT2D eigenvalue weighted by molar-refractivity contribution is -0.150. The zero-order valence-corrected chi connectivity index (χ0v) is 17.8. The molecule has 0 amide bonds. The molecular weight excluding hydrogens is 418 g/mol. The van der Waals surface area contributed by atoms with Crippen molar-refractivity contribution in [3.8, 4) is 16.9 Å². The summed E-state index contributed by atoms with van der Waals surface area (Å²) in [4.78, 5) is 12.7. The Labute approximate surface area is 174 Å². The maximum Gasteiger partial charge on any atom is 0.315 e. The Morgan fingerprint density at radius 2 is 1.68 bits per heavy atom. The molecule has 0 aliphatic rings. The Hall–Kier alpha value is -2.53. The number of carbonyl (C=O) groups excluding carboxylic acids is 1. The van der Waals surface area contributed by atoms with Gasteiger partial charge < -0.3 is 14.0 Å². The van der Waals surface area contributed by atoms with Gasteiger partial charge in [-0.05, 0) is 52.9 Å². The second-order valence-corrected chi connectivity index (χ2v) is 7.92. The van der Waals surface area contributed by atoms with E-state index in [0.717, 1.165) is 26.9 Å². The van der Waals surface area contributed by atoms with Crippen molar-refractivity contribution in [3.63, 3.8) is 0 Å². The maximum absolute atomic E-state index is 12.7. The predicted octanol–water partition coefficient (Wildman–Crippen LogP) is 5.87. The molecule has 0 saturated heterocycles. The molecule has 146 valence electrons. The number of halogens is 1. The van der Waals surface area contributed by atoms with Crippen LogP contribution in [0.15, 0.2) is 71.5 Å². The molecule has 0 radical (unpaired) electrons. The van der Waals surface area contributed by atoms with Crippen LogP contribution >= 0.6 is 15.9 Å². The lowest BCUT2D eigenvalue weighted by atomic mass is 9.88. The van der Waals surface area contributed by atoms with E-state index in [1.54, 1.807) is 7.11 Å². The van der Waals surface area contributed by atoms with Gasteiger partial charge in [-0.15, -0.1) is 0 Å². The highest BCUT2D eigenvalue weighted by atomic mass is 79.9. The van der Waals surface area contributed by atoms with E-state index in [1.165, 1.54) is 0 Å². The normalized spacial score (nSPS) is 12.0. The first-order valence-corrected chi connectivity index (χ1v) is 9.99. The van der Waals surface area contributed by atoms with E-state index in [4.69, 9.17) is 9.47 Å². The van der Waals surface area contributed by atoms with Crippen molar-refractivity contribution in [2.45, 2.75) is 26.5 Å². The van der Waals surface area contributed by atoms with Crippen molar-refractivity contribution >= 4 is 21.9 Å². The summed E-state index contributed by atoms with van der Waals surface area (Å²) in [5, 5.41) is 0. The zero-order valence-electron chi connectivity index (χ0n) is 16.3. The molecule has 28 heavy (non-hydrogen) atoms.